The Labute approximate surface area is 266 Å². The Bertz CT molecular complexity index is 1410. The number of aliphatic hydroxyl groups is 2. The van der Waals surface area contributed by atoms with Crippen molar-refractivity contribution in [1.29, 1.82) is 0 Å². The maximum absolute atomic E-state index is 13.6. The molecule has 1 aliphatic heterocycles. The SMILES string of the molecule is CCCC1=C([C@H](O)CC/C(=C/c2cc(Br)ccc2O)c2ccccn2)[C@H](CO)[C@@H]2C(=O)N(CCCCCC(=O)O)C(=O)[C@@H]2C1. The van der Waals surface area contributed by atoms with Crippen molar-refractivity contribution in [3.05, 3.63) is 69.5 Å². The number of aromatic hydroxyl groups is 1. The third-order valence-electron chi connectivity index (χ3n) is 8.66. The number of unbranched alkanes of at least 4 members (excludes halogenated alkanes) is 2. The van der Waals surface area contributed by atoms with E-state index in [0.29, 0.717) is 61.8 Å². The molecule has 0 radical (unpaired) electrons. The molecule has 1 aliphatic carbocycles. The summed E-state index contributed by atoms with van der Waals surface area (Å²) in [6.07, 6.45) is 6.74. The van der Waals surface area contributed by atoms with Crippen LogP contribution in [-0.2, 0) is 14.4 Å². The standard InChI is InChI=1S/C34H41BrN2O7/c1-2-8-22-19-25-32(34(44)37(33(25)43)16-7-3-4-10-30(41)42)26(20-38)31(22)29(40)13-11-21(27-9-5-6-15-36-27)17-23-18-24(35)12-14-28(23)39/h5-6,9,12,14-15,17-18,25-26,29,32,38-40H,2-4,7-8,10-11,13,16,19-20H2,1H3,(H,41,42)/b21-17-/t25-,26+,29-,32-/m1/s1. The summed E-state index contributed by atoms with van der Waals surface area (Å²) in [5.74, 6) is -3.30. The lowest BCUT2D eigenvalue weighted by Gasteiger charge is -2.36. The van der Waals surface area contributed by atoms with E-state index in [1.165, 1.54) is 4.90 Å². The summed E-state index contributed by atoms with van der Waals surface area (Å²) >= 11 is 3.45. The second kappa shape index (κ2) is 15.6. The van der Waals surface area contributed by atoms with Gasteiger partial charge in [-0.2, -0.15) is 0 Å². The lowest BCUT2D eigenvalue weighted by molar-refractivity contribution is -0.141. The zero-order valence-electron chi connectivity index (χ0n) is 25.0. The van der Waals surface area contributed by atoms with Gasteiger partial charge in [-0.25, -0.2) is 0 Å². The van der Waals surface area contributed by atoms with Gasteiger partial charge in [0.1, 0.15) is 5.75 Å². The van der Waals surface area contributed by atoms with Crippen molar-refractivity contribution >= 4 is 45.4 Å². The normalized spacial score (nSPS) is 21.1. The number of aliphatic carboxylic acids is 1. The van der Waals surface area contributed by atoms with Crippen LogP contribution < -0.4 is 0 Å². The van der Waals surface area contributed by atoms with E-state index < -0.39 is 29.8 Å². The molecule has 2 heterocycles. The number of carbonyl (C=O) groups is 3. The van der Waals surface area contributed by atoms with Crippen molar-refractivity contribution in [3.8, 4) is 5.75 Å². The summed E-state index contributed by atoms with van der Waals surface area (Å²) in [5, 5.41) is 41.6. The van der Waals surface area contributed by atoms with Gasteiger partial charge in [-0.05, 0) is 86.1 Å². The van der Waals surface area contributed by atoms with Crippen molar-refractivity contribution < 1.29 is 34.8 Å². The molecule has 1 saturated heterocycles. The van der Waals surface area contributed by atoms with Crippen LogP contribution in [0.5, 0.6) is 5.75 Å². The van der Waals surface area contributed by atoms with Crippen LogP contribution in [0.25, 0.3) is 11.6 Å². The number of imide groups is 1. The topological polar surface area (TPSA) is 148 Å². The predicted molar refractivity (Wildman–Crippen MR) is 170 cm³/mol. The Morgan fingerprint density at radius 2 is 1.93 bits per heavy atom. The number of aromatic nitrogens is 1. The molecule has 2 aliphatic rings. The second-order valence-corrected chi connectivity index (χ2v) is 12.5. The third kappa shape index (κ3) is 7.83. The molecule has 236 valence electrons. The average molecular weight is 670 g/mol. The van der Waals surface area contributed by atoms with Gasteiger partial charge in [-0.15, -0.1) is 0 Å². The van der Waals surface area contributed by atoms with Gasteiger partial charge < -0.3 is 20.4 Å². The molecular weight excluding hydrogens is 628 g/mol. The van der Waals surface area contributed by atoms with E-state index in [1.807, 2.05) is 31.2 Å². The van der Waals surface area contributed by atoms with E-state index in [-0.39, 0.29) is 37.1 Å². The molecule has 0 saturated carbocycles. The number of pyridine rings is 1. The molecule has 9 nitrogen and oxygen atoms in total. The summed E-state index contributed by atoms with van der Waals surface area (Å²) in [7, 11) is 0. The van der Waals surface area contributed by atoms with Crippen LogP contribution in [0.1, 0.15) is 76.0 Å². The molecular formula is C34H41BrN2O7. The van der Waals surface area contributed by atoms with Crippen LogP contribution in [0, 0.1) is 17.8 Å². The van der Waals surface area contributed by atoms with Crippen molar-refractivity contribution in [3.63, 3.8) is 0 Å². The first-order valence-corrected chi connectivity index (χ1v) is 16.1. The van der Waals surface area contributed by atoms with Gasteiger partial charge in [0.25, 0.3) is 0 Å². The van der Waals surface area contributed by atoms with E-state index in [2.05, 4.69) is 20.9 Å². The highest BCUT2D eigenvalue weighted by molar-refractivity contribution is 9.10. The van der Waals surface area contributed by atoms with Crippen molar-refractivity contribution in [2.45, 2.75) is 70.8 Å². The van der Waals surface area contributed by atoms with Gasteiger partial charge in [0.05, 0.1) is 30.2 Å². The highest BCUT2D eigenvalue weighted by atomic mass is 79.9. The maximum atomic E-state index is 13.6. The number of aliphatic hydroxyl groups excluding tert-OH is 2. The molecule has 44 heavy (non-hydrogen) atoms. The fourth-order valence-corrected chi connectivity index (χ4v) is 6.99. The molecule has 10 heteroatoms. The van der Waals surface area contributed by atoms with E-state index in [9.17, 15) is 29.7 Å². The van der Waals surface area contributed by atoms with E-state index in [1.54, 1.807) is 24.4 Å². The second-order valence-electron chi connectivity index (χ2n) is 11.6. The predicted octanol–water partition coefficient (Wildman–Crippen LogP) is 5.59. The molecule has 1 aromatic carbocycles. The van der Waals surface area contributed by atoms with Gasteiger partial charge in [-0.1, -0.05) is 47.3 Å². The van der Waals surface area contributed by atoms with Crippen molar-refractivity contribution in [2.24, 2.45) is 17.8 Å². The average Bonchev–Trinajstić information content (AvgIpc) is 3.24. The fraction of sp³-hybridized carbons (Fsp3) is 0.471. The van der Waals surface area contributed by atoms with E-state index >= 15 is 0 Å². The lowest BCUT2D eigenvalue weighted by atomic mass is 9.67. The fourth-order valence-electron chi connectivity index (χ4n) is 6.61. The number of carbonyl (C=O) groups excluding carboxylic acids is 2. The van der Waals surface area contributed by atoms with Crippen LogP contribution in [0.3, 0.4) is 0 Å². The minimum absolute atomic E-state index is 0.0482. The number of carboxylic acids is 1. The van der Waals surface area contributed by atoms with Crippen LogP contribution in [0.15, 0.2) is 58.2 Å². The number of halogens is 1. The number of benzene rings is 1. The molecule has 0 bridgehead atoms. The zero-order chi connectivity index (χ0) is 31.8. The molecule has 1 aromatic heterocycles. The number of fused-ring (bicyclic) bond motifs is 1. The van der Waals surface area contributed by atoms with Crippen LogP contribution in [-0.4, -0.2) is 67.3 Å². The molecule has 0 spiro atoms. The Morgan fingerprint density at radius 3 is 2.61 bits per heavy atom. The molecule has 0 unspecified atom stereocenters. The number of hydrogen-bond acceptors (Lipinski definition) is 7. The molecule has 4 N–H and O–H groups in total. The van der Waals surface area contributed by atoms with Crippen LogP contribution >= 0.6 is 15.9 Å². The molecule has 2 aromatic rings. The number of phenolic OH excluding ortho intramolecular Hbond substituents is 1. The molecule has 4 atom stereocenters. The lowest BCUT2D eigenvalue weighted by Crippen LogP contribution is -2.39. The Morgan fingerprint density at radius 1 is 1.14 bits per heavy atom. The van der Waals surface area contributed by atoms with Gasteiger partial charge >= 0.3 is 5.97 Å². The molecule has 4 rings (SSSR count). The number of amides is 2. The highest BCUT2D eigenvalue weighted by Gasteiger charge is 2.54. The smallest absolute Gasteiger partial charge is 0.303 e. The van der Waals surface area contributed by atoms with Crippen molar-refractivity contribution in [2.75, 3.05) is 13.2 Å². The summed E-state index contributed by atoms with van der Waals surface area (Å²) in [4.78, 5) is 43.6. The number of nitrogens with zero attached hydrogens (tertiary/aromatic N) is 2. The number of carboxylic acid groups (broad SMARTS) is 1. The highest BCUT2D eigenvalue weighted by Crippen LogP contribution is 2.47. The summed E-state index contributed by atoms with van der Waals surface area (Å²) in [5.41, 5.74) is 3.71. The van der Waals surface area contributed by atoms with E-state index in [0.717, 1.165) is 22.0 Å². The van der Waals surface area contributed by atoms with Crippen molar-refractivity contribution in [1.82, 2.24) is 9.88 Å². The summed E-state index contributed by atoms with van der Waals surface area (Å²) < 4.78 is 0.809. The Balaban J connectivity index is 1.57. The minimum atomic E-state index is -0.953. The van der Waals surface area contributed by atoms with E-state index in [4.69, 9.17) is 5.11 Å². The van der Waals surface area contributed by atoms with Crippen LogP contribution in [0.4, 0.5) is 0 Å². The Hall–Kier alpha value is -3.34. The van der Waals surface area contributed by atoms with Crippen LogP contribution in [0.2, 0.25) is 0 Å². The monoisotopic (exact) mass is 668 g/mol. The number of phenols is 1. The summed E-state index contributed by atoms with van der Waals surface area (Å²) in [6.45, 7) is 1.89. The first-order chi connectivity index (χ1) is 21.2. The minimum Gasteiger partial charge on any atom is -0.507 e. The quantitative estimate of drug-likeness (QED) is 0.109. The largest absolute Gasteiger partial charge is 0.507 e. The molecule has 1 fully saturated rings. The first-order valence-electron chi connectivity index (χ1n) is 15.3. The first kappa shape index (κ1) is 33.6. The van der Waals surface area contributed by atoms with Gasteiger partial charge in [0.15, 0.2) is 0 Å². The third-order valence-corrected chi connectivity index (χ3v) is 9.15. The maximum Gasteiger partial charge on any atom is 0.303 e. The molecule has 2 amide bonds. The summed E-state index contributed by atoms with van der Waals surface area (Å²) in [6, 6.07) is 10.7. The van der Waals surface area contributed by atoms with Gasteiger partial charge in [0.2, 0.25) is 11.8 Å². The number of rotatable bonds is 15. The van der Waals surface area contributed by atoms with Gasteiger partial charge in [-0.3, -0.25) is 24.3 Å². The Kier molecular flexibility index (Phi) is 11.9. The number of hydrogen-bond donors (Lipinski definition) is 4. The number of allylic oxidation sites excluding steroid dienone is 2. The zero-order valence-corrected chi connectivity index (χ0v) is 26.6. The van der Waals surface area contributed by atoms with Gasteiger partial charge in [0, 0.05) is 35.1 Å². The number of likely N-dealkylation sites (tertiary alicyclic amines) is 1.